The van der Waals surface area contributed by atoms with Gasteiger partial charge in [0.1, 0.15) is 11.5 Å². The Balaban J connectivity index is 1.47. The van der Waals surface area contributed by atoms with Crippen molar-refractivity contribution < 1.29 is 19.1 Å². The van der Waals surface area contributed by atoms with E-state index in [2.05, 4.69) is 22.2 Å². The number of hydrogen-bond donors (Lipinski definition) is 3. The molecule has 0 spiro atoms. The quantitative estimate of drug-likeness (QED) is 0.293. The van der Waals surface area contributed by atoms with E-state index in [0.717, 1.165) is 40.8 Å². The van der Waals surface area contributed by atoms with E-state index in [9.17, 15) is 19.1 Å². The van der Waals surface area contributed by atoms with Crippen LogP contribution >= 0.6 is 0 Å². The molecule has 3 N–H and O–H groups in total. The van der Waals surface area contributed by atoms with Gasteiger partial charge in [-0.05, 0) is 85.2 Å². The van der Waals surface area contributed by atoms with E-state index in [0.29, 0.717) is 28.9 Å². The molecule has 1 amide bonds. The van der Waals surface area contributed by atoms with Crippen molar-refractivity contribution in [3.05, 3.63) is 106 Å². The van der Waals surface area contributed by atoms with E-state index in [1.54, 1.807) is 48.3 Å². The highest BCUT2D eigenvalue weighted by molar-refractivity contribution is 6.14. The van der Waals surface area contributed by atoms with Crippen molar-refractivity contribution in [2.45, 2.75) is 46.2 Å². The zero-order valence-corrected chi connectivity index (χ0v) is 21.3. The normalized spacial score (nSPS) is 14.9. The van der Waals surface area contributed by atoms with E-state index in [1.807, 2.05) is 19.9 Å². The number of rotatable bonds is 9. The standard InChI is InChI=1S/C29H31FN4O3/c1-17(13-32-26-10-8-22-20(4)23(29(36)37)6-7-24(22)26)11-27(34-16-31-14-19(34)3)28(35)33-15-21-5-9-25(30)18(2)12-21/h5-7,9,11-12,14,16,26,32H,1,8,10,13,15H2,2-4H3,(H,33,35)(H,36,37)/b27-11-. The second-order valence-electron chi connectivity index (χ2n) is 9.44. The Kier molecular flexibility index (Phi) is 7.69. The Bertz CT molecular complexity index is 1410. The van der Waals surface area contributed by atoms with Crippen molar-refractivity contribution in [1.29, 1.82) is 0 Å². The van der Waals surface area contributed by atoms with Crippen molar-refractivity contribution >= 4 is 17.6 Å². The number of amides is 1. The summed E-state index contributed by atoms with van der Waals surface area (Å²) in [5.74, 6) is -1.49. The largest absolute Gasteiger partial charge is 0.478 e. The molecule has 0 aliphatic heterocycles. The molecule has 0 fully saturated rings. The molecule has 4 rings (SSSR count). The van der Waals surface area contributed by atoms with Gasteiger partial charge < -0.3 is 15.7 Å². The van der Waals surface area contributed by atoms with Gasteiger partial charge in [0.15, 0.2) is 0 Å². The summed E-state index contributed by atoms with van der Waals surface area (Å²) in [4.78, 5) is 28.8. The molecule has 0 saturated carbocycles. The van der Waals surface area contributed by atoms with Gasteiger partial charge in [0, 0.05) is 31.0 Å². The Labute approximate surface area is 215 Å². The maximum atomic E-state index is 13.6. The third-order valence-electron chi connectivity index (χ3n) is 6.83. The summed E-state index contributed by atoms with van der Waals surface area (Å²) >= 11 is 0. The predicted molar refractivity (Wildman–Crippen MR) is 141 cm³/mol. The number of aromatic nitrogens is 2. The van der Waals surface area contributed by atoms with Crippen LogP contribution in [0.2, 0.25) is 0 Å². The first kappa shape index (κ1) is 26.0. The molecular weight excluding hydrogens is 471 g/mol. The van der Waals surface area contributed by atoms with E-state index in [4.69, 9.17) is 0 Å². The second kappa shape index (κ2) is 10.9. The maximum Gasteiger partial charge on any atom is 0.335 e. The number of aryl methyl sites for hydroxylation is 2. The Hall–Kier alpha value is -4.04. The molecule has 0 saturated heterocycles. The Morgan fingerprint density at radius 2 is 2.03 bits per heavy atom. The first-order valence-electron chi connectivity index (χ1n) is 12.2. The van der Waals surface area contributed by atoms with Crippen molar-refractivity contribution in [2.24, 2.45) is 0 Å². The van der Waals surface area contributed by atoms with E-state index < -0.39 is 5.97 Å². The number of nitrogens with one attached hydrogen (secondary N) is 2. The Morgan fingerprint density at radius 1 is 1.24 bits per heavy atom. The number of carbonyl (C=O) groups is 2. The van der Waals surface area contributed by atoms with Crippen molar-refractivity contribution in [2.75, 3.05) is 6.54 Å². The van der Waals surface area contributed by atoms with Gasteiger partial charge in [-0.3, -0.25) is 9.36 Å². The topological polar surface area (TPSA) is 96.3 Å². The number of aromatic carboxylic acids is 1. The van der Waals surface area contributed by atoms with Gasteiger partial charge in [0.05, 0.1) is 11.9 Å². The molecule has 7 nitrogen and oxygen atoms in total. The summed E-state index contributed by atoms with van der Waals surface area (Å²) < 4.78 is 15.3. The molecule has 1 aromatic heterocycles. The van der Waals surface area contributed by atoms with Crippen molar-refractivity contribution in [3.63, 3.8) is 0 Å². The third-order valence-corrected chi connectivity index (χ3v) is 6.83. The molecule has 1 aliphatic carbocycles. The first-order chi connectivity index (χ1) is 17.7. The van der Waals surface area contributed by atoms with Crippen LogP contribution < -0.4 is 10.6 Å². The van der Waals surface area contributed by atoms with Gasteiger partial charge in [-0.15, -0.1) is 0 Å². The average molecular weight is 503 g/mol. The molecule has 1 heterocycles. The number of hydrogen-bond acceptors (Lipinski definition) is 4. The van der Waals surface area contributed by atoms with Crippen LogP contribution in [0.15, 0.2) is 61.1 Å². The zero-order chi connectivity index (χ0) is 26.7. The lowest BCUT2D eigenvalue weighted by Crippen LogP contribution is -2.27. The predicted octanol–water partition coefficient (Wildman–Crippen LogP) is 4.64. The molecule has 1 atom stereocenters. The lowest BCUT2D eigenvalue weighted by atomic mass is 9.98. The molecule has 37 heavy (non-hydrogen) atoms. The highest BCUT2D eigenvalue weighted by Crippen LogP contribution is 2.34. The zero-order valence-electron chi connectivity index (χ0n) is 21.3. The second-order valence-corrected chi connectivity index (χ2v) is 9.44. The SMILES string of the molecule is C=C(/C=C(/C(=O)NCc1ccc(F)c(C)c1)n1cncc1C)CNC1CCc2c1ccc(C(=O)O)c2C. The molecule has 192 valence electrons. The fourth-order valence-corrected chi connectivity index (χ4v) is 4.77. The van der Waals surface area contributed by atoms with E-state index >= 15 is 0 Å². The summed E-state index contributed by atoms with van der Waals surface area (Å²) in [6.45, 7) is 10.3. The molecule has 0 bridgehead atoms. The van der Waals surface area contributed by atoms with Gasteiger partial charge in [-0.2, -0.15) is 0 Å². The summed E-state index contributed by atoms with van der Waals surface area (Å²) in [6, 6.07) is 8.39. The summed E-state index contributed by atoms with van der Waals surface area (Å²) in [6.07, 6.45) is 6.67. The van der Waals surface area contributed by atoms with Gasteiger partial charge >= 0.3 is 5.97 Å². The summed E-state index contributed by atoms with van der Waals surface area (Å²) in [5.41, 5.74) is 6.58. The van der Waals surface area contributed by atoms with Gasteiger partial charge in [-0.1, -0.05) is 24.8 Å². The molecule has 1 unspecified atom stereocenters. The van der Waals surface area contributed by atoms with Gasteiger partial charge in [0.2, 0.25) is 0 Å². The highest BCUT2D eigenvalue weighted by Gasteiger charge is 2.26. The van der Waals surface area contributed by atoms with Crippen LogP contribution in [0, 0.1) is 26.6 Å². The van der Waals surface area contributed by atoms with Crippen molar-refractivity contribution in [3.8, 4) is 0 Å². The molecule has 0 radical (unpaired) electrons. The molecule has 3 aromatic rings. The molecule has 1 aliphatic rings. The number of fused-ring (bicyclic) bond motifs is 1. The van der Waals surface area contributed by atoms with E-state index in [1.165, 1.54) is 6.07 Å². The number of imidazole rings is 1. The van der Waals surface area contributed by atoms with Crippen LogP contribution in [-0.2, 0) is 17.8 Å². The summed E-state index contributed by atoms with van der Waals surface area (Å²) in [7, 11) is 0. The molecular formula is C29H31FN4O3. The molecule has 2 aromatic carbocycles. The van der Waals surface area contributed by atoms with Gasteiger partial charge in [0.25, 0.3) is 5.91 Å². The van der Waals surface area contributed by atoms with Crippen molar-refractivity contribution in [1.82, 2.24) is 20.2 Å². The van der Waals surface area contributed by atoms with Crippen LogP contribution in [0.3, 0.4) is 0 Å². The Morgan fingerprint density at radius 3 is 2.70 bits per heavy atom. The minimum Gasteiger partial charge on any atom is -0.478 e. The number of carboxylic acids is 1. The minimum atomic E-state index is -0.912. The molecule has 8 heteroatoms. The maximum absolute atomic E-state index is 13.6. The van der Waals surface area contributed by atoms with Crippen LogP contribution in [0.5, 0.6) is 0 Å². The minimum absolute atomic E-state index is 0.0793. The van der Waals surface area contributed by atoms with Crippen LogP contribution in [0.25, 0.3) is 5.70 Å². The smallest absolute Gasteiger partial charge is 0.335 e. The third kappa shape index (κ3) is 5.70. The lowest BCUT2D eigenvalue weighted by Gasteiger charge is -2.17. The summed E-state index contributed by atoms with van der Waals surface area (Å²) in [5, 5.41) is 15.8. The highest BCUT2D eigenvalue weighted by atomic mass is 19.1. The number of benzene rings is 2. The number of halogens is 1. The van der Waals surface area contributed by atoms with Gasteiger partial charge in [-0.25, -0.2) is 14.2 Å². The van der Waals surface area contributed by atoms with Crippen LogP contribution in [-0.4, -0.2) is 33.1 Å². The number of carboxylic acid groups (broad SMARTS) is 1. The van der Waals surface area contributed by atoms with Crippen LogP contribution in [0.4, 0.5) is 4.39 Å². The number of nitrogens with zero attached hydrogens (tertiary/aromatic N) is 2. The fraction of sp³-hybridized carbons (Fsp3) is 0.276. The first-order valence-corrected chi connectivity index (χ1v) is 12.2. The fourth-order valence-electron chi connectivity index (χ4n) is 4.77. The average Bonchev–Trinajstić information content (AvgIpc) is 3.48. The lowest BCUT2D eigenvalue weighted by molar-refractivity contribution is -0.116. The van der Waals surface area contributed by atoms with Crippen LogP contribution in [0.1, 0.15) is 56.3 Å². The monoisotopic (exact) mass is 502 g/mol. The number of carbonyl (C=O) groups excluding carboxylic acids is 1. The van der Waals surface area contributed by atoms with E-state index in [-0.39, 0.29) is 24.3 Å².